The summed E-state index contributed by atoms with van der Waals surface area (Å²) in [5, 5.41) is 0. The van der Waals surface area contributed by atoms with Gasteiger partial charge in [-0.3, -0.25) is 9.59 Å². The van der Waals surface area contributed by atoms with Crippen LogP contribution in [0.1, 0.15) is 33.6 Å². The number of fused-ring (bicyclic) bond motifs is 2. The first-order valence-electron chi connectivity index (χ1n) is 4.61. The molecule has 0 spiro atoms. The molecule has 2 bridgehead atoms. The van der Waals surface area contributed by atoms with Gasteiger partial charge in [0.1, 0.15) is 11.4 Å². The van der Waals surface area contributed by atoms with Gasteiger partial charge in [-0.05, 0) is 6.92 Å². The third-order valence-electron chi connectivity index (χ3n) is 3.84. The molecule has 0 N–H and O–H groups in total. The number of esters is 1. The summed E-state index contributed by atoms with van der Waals surface area (Å²) in [5.74, 6) is -0.172. The Morgan fingerprint density at radius 3 is 2.46 bits per heavy atom. The lowest BCUT2D eigenvalue weighted by Crippen LogP contribution is -2.48. The second-order valence-corrected chi connectivity index (χ2v) is 4.83. The van der Waals surface area contributed by atoms with Gasteiger partial charge >= 0.3 is 5.97 Å². The molecule has 0 unspecified atom stereocenters. The summed E-state index contributed by atoms with van der Waals surface area (Å²) in [5.41, 5.74) is -0.762. The summed E-state index contributed by atoms with van der Waals surface area (Å²) >= 11 is 0. The Bertz CT molecular complexity index is 289. The molecule has 0 amide bonds. The Morgan fingerprint density at radius 1 is 1.31 bits per heavy atom. The van der Waals surface area contributed by atoms with E-state index in [-0.39, 0.29) is 29.5 Å². The molecule has 2 rings (SSSR count). The van der Waals surface area contributed by atoms with E-state index in [0.29, 0.717) is 6.42 Å². The Hall–Kier alpha value is -0.860. The Kier molecular flexibility index (Phi) is 1.44. The maximum Gasteiger partial charge on any atom is 0.307 e. The van der Waals surface area contributed by atoms with Gasteiger partial charge in [0.15, 0.2) is 0 Å². The molecular formula is C10H14O3. The normalized spacial score (nSPS) is 41.9. The number of carbonyl (C=O) groups excluding carboxylic acids is 2. The first-order valence-corrected chi connectivity index (χ1v) is 4.61. The largest absolute Gasteiger partial charge is 0.458 e. The molecule has 1 aliphatic heterocycles. The lowest BCUT2D eigenvalue weighted by molar-refractivity contribution is -0.182. The number of ether oxygens (including phenoxy) is 1. The minimum atomic E-state index is -0.565. The lowest BCUT2D eigenvalue weighted by Gasteiger charge is -2.43. The smallest absolute Gasteiger partial charge is 0.307 e. The van der Waals surface area contributed by atoms with Crippen LogP contribution in [0.15, 0.2) is 0 Å². The lowest BCUT2D eigenvalue weighted by atomic mass is 9.70. The van der Waals surface area contributed by atoms with E-state index in [1.165, 1.54) is 0 Å². The van der Waals surface area contributed by atoms with E-state index in [1.807, 2.05) is 20.8 Å². The van der Waals surface area contributed by atoms with Gasteiger partial charge in [0.25, 0.3) is 0 Å². The Labute approximate surface area is 77.4 Å². The molecule has 1 aliphatic carbocycles. The highest BCUT2D eigenvalue weighted by Crippen LogP contribution is 2.54. The van der Waals surface area contributed by atoms with E-state index in [9.17, 15) is 9.59 Å². The minimum Gasteiger partial charge on any atom is -0.458 e. The van der Waals surface area contributed by atoms with Gasteiger partial charge in [-0.1, -0.05) is 13.8 Å². The molecule has 1 heterocycles. The second kappa shape index (κ2) is 2.14. The fourth-order valence-corrected chi connectivity index (χ4v) is 2.45. The van der Waals surface area contributed by atoms with Crippen LogP contribution in [-0.4, -0.2) is 17.4 Å². The van der Waals surface area contributed by atoms with Crippen LogP contribution in [0, 0.1) is 11.3 Å². The van der Waals surface area contributed by atoms with Crippen LogP contribution in [0.4, 0.5) is 0 Å². The van der Waals surface area contributed by atoms with Crippen molar-refractivity contribution in [2.45, 2.75) is 39.2 Å². The molecule has 0 aromatic heterocycles. The molecule has 0 aromatic carbocycles. The monoisotopic (exact) mass is 182 g/mol. The van der Waals surface area contributed by atoms with Crippen LogP contribution >= 0.6 is 0 Å². The van der Waals surface area contributed by atoms with E-state index < -0.39 is 5.60 Å². The maximum atomic E-state index is 11.6. The van der Waals surface area contributed by atoms with E-state index in [0.717, 1.165) is 0 Å². The number of rotatable bonds is 0. The van der Waals surface area contributed by atoms with Gasteiger partial charge < -0.3 is 4.74 Å². The number of ketones is 1. The van der Waals surface area contributed by atoms with Gasteiger partial charge in [0.2, 0.25) is 0 Å². The Morgan fingerprint density at radius 2 is 1.92 bits per heavy atom. The molecule has 1 saturated heterocycles. The van der Waals surface area contributed by atoms with Crippen LogP contribution < -0.4 is 0 Å². The minimum absolute atomic E-state index is 0.126. The average Bonchev–Trinajstić information content (AvgIpc) is 2.13. The van der Waals surface area contributed by atoms with Gasteiger partial charge in [-0.25, -0.2) is 0 Å². The van der Waals surface area contributed by atoms with Crippen molar-refractivity contribution >= 4 is 11.8 Å². The van der Waals surface area contributed by atoms with Crippen molar-refractivity contribution in [3.05, 3.63) is 0 Å². The Balaban J connectivity index is 2.47. The third-order valence-corrected chi connectivity index (χ3v) is 3.84. The molecule has 72 valence electrons. The van der Waals surface area contributed by atoms with Crippen molar-refractivity contribution in [1.82, 2.24) is 0 Å². The van der Waals surface area contributed by atoms with E-state index in [4.69, 9.17) is 4.74 Å². The molecule has 2 aliphatic rings. The average molecular weight is 182 g/mol. The molecule has 2 fully saturated rings. The van der Waals surface area contributed by atoms with Gasteiger partial charge in [0, 0.05) is 17.8 Å². The molecule has 1 saturated carbocycles. The number of hydrogen-bond donors (Lipinski definition) is 0. The zero-order valence-electron chi connectivity index (χ0n) is 8.22. The number of hydrogen-bond acceptors (Lipinski definition) is 3. The fourth-order valence-electron chi connectivity index (χ4n) is 2.45. The van der Waals surface area contributed by atoms with Crippen LogP contribution in [0.2, 0.25) is 0 Å². The zero-order valence-corrected chi connectivity index (χ0v) is 8.22. The third kappa shape index (κ3) is 0.901. The van der Waals surface area contributed by atoms with Gasteiger partial charge in [-0.2, -0.15) is 0 Å². The summed E-state index contributed by atoms with van der Waals surface area (Å²) in [4.78, 5) is 22.8. The van der Waals surface area contributed by atoms with Crippen LogP contribution in [0.3, 0.4) is 0 Å². The van der Waals surface area contributed by atoms with Crippen LogP contribution in [-0.2, 0) is 14.3 Å². The highest BCUT2D eigenvalue weighted by molar-refractivity contribution is 5.92. The zero-order chi connectivity index (χ0) is 9.85. The molecule has 3 heteroatoms. The first kappa shape index (κ1) is 8.73. The SMILES string of the molecule is CC1(C)[C@H]2CC(=O)O[C@]1(C)CC2=O. The summed E-state index contributed by atoms with van der Waals surface area (Å²) in [6.07, 6.45) is 0.651. The predicted molar refractivity (Wildman–Crippen MR) is 46.0 cm³/mol. The van der Waals surface area contributed by atoms with Gasteiger partial charge in [-0.15, -0.1) is 0 Å². The standard InChI is InChI=1S/C10H14O3/c1-9(2)6-4-8(12)13-10(9,3)5-7(6)11/h6H,4-5H2,1-3H3/t6-,10+/m0/s1. The summed E-state index contributed by atoms with van der Waals surface area (Å²) in [6.45, 7) is 5.88. The first-order chi connectivity index (χ1) is 5.87. The van der Waals surface area contributed by atoms with Crippen molar-refractivity contribution in [2.75, 3.05) is 0 Å². The van der Waals surface area contributed by atoms with E-state index >= 15 is 0 Å². The number of carbonyl (C=O) groups is 2. The van der Waals surface area contributed by atoms with Crippen molar-refractivity contribution in [3.63, 3.8) is 0 Å². The van der Waals surface area contributed by atoms with Gasteiger partial charge in [0.05, 0.1) is 6.42 Å². The second-order valence-electron chi connectivity index (χ2n) is 4.83. The van der Waals surface area contributed by atoms with Crippen molar-refractivity contribution in [2.24, 2.45) is 11.3 Å². The van der Waals surface area contributed by atoms with Crippen molar-refractivity contribution in [3.8, 4) is 0 Å². The van der Waals surface area contributed by atoms with E-state index in [2.05, 4.69) is 0 Å². The van der Waals surface area contributed by atoms with E-state index in [1.54, 1.807) is 0 Å². The van der Waals surface area contributed by atoms with Crippen LogP contribution in [0.5, 0.6) is 0 Å². The maximum absolute atomic E-state index is 11.6. The fraction of sp³-hybridized carbons (Fsp3) is 0.800. The predicted octanol–water partition coefficient (Wildman–Crippen LogP) is 1.31. The van der Waals surface area contributed by atoms with Crippen molar-refractivity contribution in [1.29, 1.82) is 0 Å². The number of Topliss-reactive ketones (excluding diaryl/α,β-unsaturated/α-hetero) is 1. The summed E-state index contributed by atoms with van der Waals surface area (Å²) in [7, 11) is 0. The highest BCUT2D eigenvalue weighted by atomic mass is 16.6. The molecule has 0 radical (unpaired) electrons. The summed E-state index contributed by atoms with van der Waals surface area (Å²) in [6, 6.07) is 0. The van der Waals surface area contributed by atoms with Crippen LogP contribution in [0.25, 0.3) is 0 Å². The topological polar surface area (TPSA) is 43.4 Å². The molecule has 13 heavy (non-hydrogen) atoms. The van der Waals surface area contributed by atoms with Crippen molar-refractivity contribution < 1.29 is 14.3 Å². The molecular weight excluding hydrogens is 168 g/mol. The molecule has 2 atom stereocenters. The highest BCUT2D eigenvalue weighted by Gasteiger charge is 2.62. The quantitative estimate of drug-likeness (QED) is 0.530. The molecule has 3 nitrogen and oxygen atoms in total. The molecule has 0 aromatic rings. The summed E-state index contributed by atoms with van der Waals surface area (Å²) < 4.78 is 5.29.